The van der Waals surface area contributed by atoms with Crippen molar-refractivity contribution in [1.29, 1.82) is 0 Å². The molecule has 3 rings (SSSR count). The minimum absolute atomic E-state index is 0.535. The molecule has 1 aromatic carbocycles. The topological polar surface area (TPSA) is 58.3 Å². The summed E-state index contributed by atoms with van der Waals surface area (Å²) in [6.07, 6.45) is 1.72. The Labute approximate surface area is 132 Å². The summed E-state index contributed by atoms with van der Waals surface area (Å²) < 4.78 is 1.12. The summed E-state index contributed by atoms with van der Waals surface area (Å²) in [6, 6.07) is 10.2. The van der Waals surface area contributed by atoms with Crippen LogP contribution >= 0.6 is 15.9 Å². The maximum absolute atomic E-state index is 5.69. The van der Waals surface area contributed by atoms with Crippen LogP contribution in [0.2, 0.25) is 0 Å². The number of piperazine rings is 1. The van der Waals surface area contributed by atoms with Crippen molar-refractivity contribution >= 4 is 27.4 Å². The third-order valence-corrected chi connectivity index (χ3v) is 4.13. The predicted octanol–water partition coefficient (Wildman–Crippen LogP) is 2.14. The highest BCUT2D eigenvalue weighted by Gasteiger charge is 2.18. The van der Waals surface area contributed by atoms with Crippen molar-refractivity contribution in [3.63, 3.8) is 0 Å². The fraction of sp³-hybridized carbons (Fsp3) is 0.333. The Hall–Kier alpha value is -1.66. The molecule has 1 aliphatic heterocycles. The molecule has 6 heteroatoms. The van der Waals surface area contributed by atoms with Crippen LogP contribution in [0.4, 0.5) is 11.5 Å². The second kappa shape index (κ2) is 6.41. The predicted molar refractivity (Wildman–Crippen MR) is 88.1 cm³/mol. The monoisotopic (exact) mass is 347 g/mol. The largest absolute Gasteiger partial charge is 0.384 e. The lowest BCUT2D eigenvalue weighted by Crippen LogP contribution is -2.46. The number of nitrogen functional groups attached to an aromatic ring is 1. The van der Waals surface area contributed by atoms with Crippen molar-refractivity contribution in [1.82, 2.24) is 14.9 Å². The van der Waals surface area contributed by atoms with Crippen LogP contribution in [0.1, 0.15) is 5.82 Å². The zero-order valence-electron chi connectivity index (χ0n) is 11.7. The second-order valence-electron chi connectivity index (χ2n) is 5.14. The van der Waals surface area contributed by atoms with Gasteiger partial charge >= 0.3 is 0 Å². The first-order valence-corrected chi connectivity index (χ1v) is 7.80. The first-order chi connectivity index (χ1) is 10.2. The minimum Gasteiger partial charge on any atom is -0.384 e. The van der Waals surface area contributed by atoms with Crippen molar-refractivity contribution < 1.29 is 0 Å². The molecule has 0 bridgehead atoms. The lowest BCUT2D eigenvalue weighted by atomic mass is 10.2. The Kier molecular flexibility index (Phi) is 4.36. The molecule has 0 amide bonds. The summed E-state index contributed by atoms with van der Waals surface area (Å²) in [5.74, 6) is 1.33. The van der Waals surface area contributed by atoms with Crippen LogP contribution in [0, 0.1) is 0 Å². The number of aromatic nitrogens is 2. The lowest BCUT2D eigenvalue weighted by molar-refractivity contribution is 0.244. The molecule has 21 heavy (non-hydrogen) atoms. The molecular weight excluding hydrogens is 330 g/mol. The number of hydrogen-bond donors (Lipinski definition) is 1. The molecular formula is C15H18BrN5. The third-order valence-electron chi connectivity index (χ3n) is 3.64. The van der Waals surface area contributed by atoms with E-state index in [9.17, 15) is 0 Å². The highest BCUT2D eigenvalue weighted by Crippen LogP contribution is 2.21. The highest BCUT2D eigenvalue weighted by molar-refractivity contribution is 9.10. The third kappa shape index (κ3) is 3.71. The van der Waals surface area contributed by atoms with Gasteiger partial charge in [-0.3, -0.25) is 4.90 Å². The van der Waals surface area contributed by atoms with E-state index in [-0.39, 0.29) is 0 Å². The molecule has 0 radical (unpaired) electrons. The maximum Gasteiger partial charge on any atom is 0.144 e. The molecule has 1 aliphatic rings. The van der Waals surface area contributed by atoms with Gasteiger partial charge in [0.1, 0.15) is 11.6 Å². The standard InChI is InChI=1S/C15H18BrN5/c16-12-2-1-3-13(10-12)21-8-6-20(7-9-21)11-15-18-5-4-14(17)19-15/h1-5,10H,6-9,11H2,(H2,17,18,19). The van der Waals surface area contributed by atoms with Gasteiger partial charge in [-0.15, -0.1) is 0 Å². The van der Waals surface area contributed by atoms with Gasteiger partial charge in [0.05, 0.1) is 6.54 Å². The number of rotatable bonds is 3. The van der Waals surface area contributed by atoms with E-state index >= 15 is 0 Å². The van der Waals surface area contributed by atoms with Crippen LogP contribution in [-0.2, 0) is 6.54 Å². The summed E-state index contributed by atoms with van der Waals surface area (Å²) >= 11 is 3.53. The van der Waals surface area contributed by atoms with E-state index in [1.54, 1.807) is 12.3 Å². The Bertz CT molecular complexity index is 611. The van der Waals surface area contributed by atoms with Crippen LogP contribution in [0.25, 0.3) is 0 Å². The van der Waals surface area contributed by atoms with Gasteiger partial charge in [-0.1, -0.05) is 22.0 Å². The van der Waals surface area contributed by atoms with E-state index in [0.29, 0.717) is 5.82 Å². The summed E-state index contributed by atoms with van der Waals surface area (Å²) in [4.78, 5) is 13.3. The molecule has 0 saturated carbocycles. The number of hydrogen-bond acceptors (Lipinski definition) is 5. The van der Waals surface area contributed by atoms with Crippen LogP contribution in [0.5, 0.6) is 0 Å². The fourth-order valence-electron chi connectivity index (χ4n) is 2.53. The molecule has 0 spiro atoms. The van der Waals surface area contributed by atoms with E-state index in [1.165, 1.54) is 5.69 Å². The van der Waals surface area contributed by atoms with E-state index in [1.807, 2.05) is 0 Å². The SMILES string of the molecule is Nc1ccnc(CN2CCN(c3cccc(Br)c3)CC2)n1. The number of benzene rings is 1. The van der Waals surface area contributed by atoms with Crippen molar-refractivity contribution in [3.05, 3.63) is 46.8 Å². The minimum atomic E-state index is 0.535. The first kappa shape index (κ1) is 14.3. The van der Waals surface area contributed by atoms with E-state index in [2.05, 4.69) is 60.0 Å². The van der Waals surface area contributed by atoms with Gasteiger partial charge < -0.3 is 10.6 Å². The van der Waals surface area contributed by atoms with Gasteiger partial charge in [0.15, 0.2) is 0 Å². The molecule has 1 fully saturated rings. The highest BCUT2D eigenvalue weighted by atomic mass is 79.9. The fourth-order valence-corrected chi connectivity index (χ4v) is 2.92. The summed E-state index contributed by atoms with van der Waals surface area (Å²) in [5.41, 5.74) is 6.96. The molecule has 2 aromatic rings. The zero-order valence-corrected chi connectivity index (χ0v) is 13.3. The van der Waals surface area contributed by atoms with Crippen LogP contribution in [-0.4, -0.2) is 41.0 Å². The van der Waals surface area contributed by atoms with Crippen molar-refractivity contribution in [2.24, 2.45) is 0 Å². The average molecular weight is 348 g/mol. The Balaban J connectivity index is 1.58. The van der Waals surface area contributed by atoms with Gasteiger partial charge in [-0.05, 0) is 24.3 Å². The molecule has 1 aromatic heterocycles. The molecule has 0 atom stereocenters. The van der Waals surface area contributed by atoms with Crippen LogP contribution < -0.4 is 10.6 Å². The van der Waals surface area contributed by atoms with Crippen molar-refractivity contribution in [3.8, 4) is 0 Å². The number of anilines is 2. The Morgan fingerprint density at radius 1 is 1.14 bits per heavy atom. The zero-order chi connectivity index (χ0) is 14.7. The van der Waals surface area contributed by atoms with E-state index in [0.717, 1.165) is 43.0 Å². The van der Waals surface area contributed by atoms with E-state index < -0.39 is 0 Å². The Morgan fingerprint density at radius 3 is 2.67 bits per heavy atom. The van der Waals surface area contributed by atoms with E-state index in [4.69, 9.17) is 5.73 Å². The smallest absolute Gasteiger partial charge is 0.144 e. The number of nitrogens with zero attached hydrogens (tertiary/aromatic N) is 4. The van der Waals surface area contributed by atoms with Crippen LogP contribution in [0.3, 0.4) is 0 Å². The molecule has 1 saturated heterocycles. The number of nitrogens with two attached hydrogens (primary N) is 1. The quantitative estimate of drug-likeness (QED) is 0.921. The lowest BCUT2D eigenvalue weighted by Gasteiger charge is -2.35. The first-order valence-electron chi connectivity index (χ1n) is 7.01. The van der Waals surface area contributed by atoms with Gasteiger partial charge in [0.2, 0.25) is 0 Å². The average Bonchev–Trinajstić information content (AvgIpc) is 2.48. The molecule has 0 aliphatic carbocycles. The van der Waals surface area contributed by atoms with Gasteiger partial charge in [-0.25, -0.2) is 9.97 Å². The Morgan fingerprint density at radius 2 is 1.95 bits per heavy atom. The summed E-state index contributed by atoms with van der Waals surface area (Å²) in [7, 11) is 0. The van der Waals surface area contributed by atoms with Crippen molar-refractivity contribution in [2.75, 3.05) is 36.8 Å². The van der Waals surface area contributed by atoms with Gasteiger partial charge in [-0.2, -0.15) is 0 Å². The molecule has 2 heterocycles. The molecule has 0 unspecified atom stereocenters. The normalized spacial score (nSPS) is 16.1. The van der Waals surface area contributed by atoms with Gasteiger partial charge in [0.25, 0.3) is 0 Å². The second-order valence-corrected chi connectivity index (χ2v) is 6.06. The number of halogens is 1. The molecule has 5 nitrogen and oxygen atoms in total. The molecule has 110 valence electrons. The summed E-state index contributed by atoms with van der Waals surface area (Å²) in [5, 5.41) is 0. The van der Waals surface area contributed by atoms with Crippen LogP contribution in [0.15, 0.2) is 41.0 Å². The summed E-state index contributed by atoms with van der Waals surface area (Å²) in [6.45, 7) is 4.80. The maximum atomic E-state index is 5.69. The van der Waals surface area contributed by atoms with Crippen molar-refractivity contribution in [2.45, 2.75) is 6.54 Å². The molecule has 2 N–H and O–H groups in total. The van der Waals surface area contributed by atoms with Gasteiger partial charge in [0, 0.05) is 42.5 Å².